The molecule has 3 rings (SSSR count). The summed E-state index contributed by atoms with van der Waals surface area (Å²) in [4.78, 5) is 12.4. The maximum absolute atomic E-state index is 13.0. The van der Waals surface area contributed by atoms with Crippen molar-refractivity contribution in [2.24, 2.45) is 0 Å². The van der Waals surface area contributed by atoms with Crippen molar-refractivity contribution in [1.29, 1.82) is 0 Å². The number of halogens is 2. The highest BCUT2D eigenvalue weighted by atomic mass is 79.9. The van der Waals surface area contributed by atoms with Gasteiger partial charge in [0, 0.05) is 10.5 Å². The third-order valence-corrected chi connectivity index (χ3v) is 4.75. The lowest BCUT2D eigenvalue weighted by Crippen LogP contribution is -2.43. The van der Waals surface area contributed by atoms with Gasteiger partial charge in [-0.05, 0) is 48.7 Å². The number of amides is 1. The van der Waals surface area contributed by atoms with E-state index in [1.165, 1.54) is 12.1 Å². The summed E-state index contributed by atoms with van der Waals surface area (Å²) in [5.41, 5.74) is 8.23. The summed E-state index contributed by atoms with van der Waals surface area (Å²) in [7, 11) is 0. The van der Waals surface area contributed by atoms with Crippen molar-refractivity contribution in [3.8, 4) is 0 Å². The maximum atomic E-state index is 13.0. The molecule has 1 amide bonds. The van der Waals surface area contributed by atoms with Crippen molar-refractivity contribution >= 4 is 21.8 Å². The summed E-state index contributed by atoms with van der Waals surface area (Å²) in [6.07, 6.45) is 0.670. The molecule has 1 heterocycles. The summed E-state index contributed by atoms with van der Waals surface area (Å²) < 4.78 is 14.0. The predicted octanol–water partition coefficient (Wildman–Crippen LogP) is 3.37. The van der Waals surface area contributed by atoms with Gasteiger partial charge < -0.3 is 5.32 Å². The van der Waals surface area contributed by atoms with Crippen molar-refractivity contribution in [1.82, 2.24) is 16.2 Å². The van der Waals surface area contributed by atoms with Gasteiger partial charge in [0.2, 0.25) is 5.91 Å². The van der Waals surface area contributed by atoms with Crippen LogP contribution >= 0.6 is 15.9 Å². The molecule has 3 atom stereocenters. The summed E-state index contributed by atoms with van der Waals surface area (Å²) in [6, 6.07) is 13.8. The Labute approximate surface area is 148 Å². The van der Waals surface area contributed by atoms with Gasteiger partial charge in [0.1, 0.15) is 11.9 Å². The molecule has 24 heavy (non-hydrogen) atoms. The Kier molecular flexibility index (Phi) is 5.28. The van der Waals surface area contributed by atoms with Crippen molar-refractivity contribution in [2.75, 3.05) is 0 Å². The first-order valence-corrected chi connectivity index (χ1v) is 8.64. The Hall–Kier alpha value is -1.76. The average molecular weight is 392 g/mol. The molecule has 0 bridgehead atoms. The zero-order chi connectivity index (χ0) is 17.1. The molecule has 4 nitrogen and oxygen atoms in total. The molecular weight excluding hydrogens is 373 g/mol. The minimum absolute atomic E-state index is 0.0704. The minimum Gasteiger partial charge on any atom is -0.348 e. The van der Waals surface area contributed by atoms with Crippen LogP contribution in [0.25, 0.3) is 0 Å². The quantitative estimate of drug-likeness (QED) is 0.748. The van der Waals surface area contributed by atoms with Crippen LogP contribution in [-0.4, -0.2) is 11.9 Å². The number of benzene rings is 2. The lowest BCUT2D eigenvalue weighted by Gasteiger charge is -2.17. The van der Waals surface area contributed by atoms with Gasteiger partial charge in [-0.3, -0.25) is 4.79 Å². The number of nitrogens with one attached hydrogen (secondary N) is 3. The second kappa shape index (κ2) is 7.42. The third-order valence-electron chi connectivity index (χ3n) is 4.22. The summed E-state index contributed by atoms with van der Waals surface area (Å²) >= 11 is 3.42. The van der Waals surface area contributed by atoms with Crippen molar-refractivity contribution in [2.45, 2.75) is 31.5 Å². The third kappa shape index (κ3) is 4.01. The first-order chi connectivity index (χ1) is 11.5. The van der Waals surface area contributed by atoms with E-state index in [0.717, 1.165) is 15.6 Å². The molecule has 1 aliphatic heterocycles. The molecule has 2 aromatic carbocycles. The molecule has 1 saturated heterocycles. The van der Waals surface area contributed by atoms with Crippen LogP contribution in [0, 0.1) is 5.82 Å². The lowest BCUT2D eigenvalue weighted by molar-refractivity contribution is -0.123. The van der Waals surface area contributed by atoms with E-state index in [0.29, 0.717) is 6.42 Å². The maximum Gasteiger partial charge on any atom is 0.239 e. The Morgan fingerprint density at radius 1 is 1.17 bits per heavy atom. The number of rotatable bonds is 4. The fourth-order valence-corrected chi connectivity index (χ4v) is 3.05. The molecule has 1 fully saturated rings. The van der Waals surface area contributed by atoms with Crippen LogP contribution in [-0.2, 0) is 4.79 Å². The molecule has 2 aromatic rings. The van der Waals surface area contributed by atoms with Crippen molar-refractivity contribution < 1.29 is 9.18 Å². The van der Waals surface area contributed by atoms with Crippen LogP contribution in [0.4, 0.5) is 4.39 Å². The van der Waals surface area contributed by atoms with E-state index in [9.17, 15) is 9.18 Å². The Morgan fingerprint density at radius 3 is 2.50 bits per heavy atom. The lowest BCUT2D eigenvalue weighted by atomic mass is 10.0. The van der Waals surface area contributed by atoms with Gasteiger partial charge >= 0.3 is 0 Å². The SMILES string of the molecule is CC(NC(=O)C1CC(c2ccc(Br)cc2)NN1)c1ccc(F)cc1. The molecule has 126 valence electrons. The molecule has 0 aromatic heterocycles. The van der Waals surface area contributed by atoms with Crippen LogP contribution in [0.2, 0.25) is 0 Å². The topological polar surface area (TPSA) is 53.2 Å². The fraction of sp³-hybridized carbons (Fsp3) is 0.278. The van der Waals surface area contributed by atoms with Crippen LogP contribution in [0.5, 0.6) is 0 Å². The normalized spacial score (nSPS) is 21.5. The predicted molar refractivity (Wildman–Crippen MR) is 94.5 cm³/mol. The molecule has 1 aliphatic rings. The van der Waals surface area contributed by atoms with E-state index in [2.05, 4.69) is 32.1 Å². The second-order valence-corrected chi connectivity index (χ2v) is 6.88. The summed E-state index contributed by atoms with van der Waals surface area (Å²) in [5.74, 6) is -0.352. The fourth-order valence-electron chi connectivity index (χ4n) is 2.79. The minimum atomic E-state index is -0.304. The number of carbonyl (C=O) groups is 1. The van der Waals surface area contributed by atoms with E-state index in [1.807, 2.05) is 31.2 Å². The molecule has 0 saturated carbocycles. The van der Waals surface area contributed by atoms with Gasteiger partial charge in [0.05, 0.1) is 6.04 Å². The molecule has 6 heteroatoms. The van der Waals surface area contributed by atoms with Crippen molar-refractivity contribution in [3.63, 3.8) is 0 Å². The first kappa shape index (κ1) is 17.1. The standard InChI is InChI=1S/C18H19BrFN3O/c1-11(12-4-8-15(20)9-5-12)21-18(24)17-10-16(22-23-17)13-2-6-14(19)7-3-13/h2-9,11,16-17,22-23H,10H2,1H3,(H,21,24). The van der Waals surface area contributed by atoms with E-state index in [1.54, 1.807) is 12.1 Å². The Balaban J connectivity index is 1.58. The second-order valence-electron chi connectivity index (χ2n) is 5.96. The van der Waals surface area contributed by atoms with Gasteiger partial charge in [-0.2, -0.15) is 0 Å². The number of hydrogen-bond donors (Lipinski definition) is 3. The van der Waals surface area contributed by atoms with Gasteiger partial charge in [-0.15, -0.1) is 0 Å². The number of hydrazine groups is 1. The molecular formula is C18H19BrFN3O. The number of hydrogen-bond acceptors (Lipinski definition) is 3. The average Bonchev–Trinajstić information content (AvgIpc) is 3.06. The monoisotopic (exact) mass is 391 g/mol. The van der Waals surface area contributed by atoms with E-state index >= 15 is 0 Å². The van der Waals surface area contributed by atoms with Crippen LogP contribution in [0.15, 0.2) is 53.0 Å². The van der Waals surface area contributed by atoms with Crippen LogP contribution in [0.1, 0.15) is 36.6 Å². The largest absolute Gasteiger partial charge is 0.348 e. The van der Waals surface area contributed by atoms with Crippen LogP contribution < -0.4 is 16.2 Å². The van der Waals surface area contributed by atoms with Crippen molar-refractivity contribution in [3.05, 3.63) is 69.9 Å². The molecule has 0 aliphatic carbocycles. The van der Waals surface area contributed by atoms with Gasteiger partial charge in [0.25, 0.3) is 0 Å². The van der Waals surface area contributed by atoms with Crippen LogP contribution in [0.3, 0.4) is 0 Å². The highest BCUT2D eigenvalue weighted by Gasteiger charge is 2.30. The zero-order valence-electron chi connectivity index (χ0n) is 13.2. The van der Waals surface area contributed by atoms with Gasteiger partial charge in [-0.25, -0.2) is 15.2 Å². The zero-order valence-corrected chi connectivity index (χ0v) is 14.8. The summed E-state index contributed by atoms with van der Waals surface area (Å²) in [6.45, 7) is 1.89. The van der Waals surface area contributed by atoms with E-state index < -0.39 is 0 Å². The Bertz CT molecular complexity index is 705. The molecule has 3 unspecified atom stereocenters. The number of carbonyl (C=O) groups excluding carboxylic acids is 1. The first-order valence-electron chi connectivity index (χ1n) is 7.85. The molecule has 0 radical (unpaired) electrons. The highest BCUT2D eigenvalue weighted by molar-refractivity contribution is 9.10. The molecule has 3 N–H and O–H groups in total. The molecule has 0 spiro atoms. The Morgan fingerprint density at radius 2 is 1.83 bits per heavy atom. The van der Waals surface area contributed by atoms with Gasteiger partial charge in [-0.1, -0.05) is 40.2 Å². The highest BCUT2D eigenvalue weighted by Crippen LogP contribution is 2.24. The van der Waals surface area contributed by atoms with Gasteiger partial charge in [0.15, 0.2) is 0 Å². The van der Waals surface area contributed by atoms with E-state index in [4.69, 9.17) is 0 Å². The van der Waals surface area contributed by atoms with E-state index in [-0.39, 0.29) is 29.8 Å². The smallest absolute Gasteiger partial charge is 0.239 e. The summed E-state index contributed by atoms with van der Waals surface area (Å²) in [5, 5.41) is 2.97.